The number of hydrogen-bond acceptors (Lipinski definition) is 3. The number of aromatic nitrogens is 2. The van der Waals surface area contributed by atoms with E-state index >= 15 is 0 Å². The van der Waals surface area contributed by atoms with Crippen molar-refractivity contribution < 1.29 is 14.3 Å². The fourth-order valence-corrected chi connectivity index (χ4v) is 2.09. The highest BCUT2D eigenvalue weighted by Crippen LogP contribution is 2.23. The molecular weight excluding hydrogens is 261 g/mol. The van der Waals surface area contributed by atoms with Gasteiger partial charge in [0.2, 0.25) is 0 Å². The first-order valence-electron chi connectivity index (χ1n) is 6.28. The molecule has 20 heavy (non-hydrogen) atoms. The summed E-state index contributed by atoms with van der Waals surface area (Å²) in [5.74, 6) is -1.45. The zero-order valence-electron chi connectivity index (χ0n) is 11.3. The van der Waals surface area contributed by atoms with Crippen LogP contribution in [0.25, 0.3) is 0 Å². The molecule has 0 fully saturated rings. The number of anilines is 1. The van der Waals surface area contributed by atoms with Crippen molar-refractivity contribution in [1.82, 2.24) is 9.78 Å². The van der Waals surface area contributed by atoms with Crippen molar-refractivity contribution in [3.05, 3.63) is 47.5 Å². The van der Waals surface area contributed by atoms with Gasteiger partial charge in [-0.15, -0.1) is 0 Å². The van der Waals surface area contributed by atoms with Crippen LogP contribution in [0.5, 0.6) is 0 Å². The largest absolute Gasteiger partial charge is 0.479 e. The fourth-order valence-electron chi connectivity index (χ4n) is 2.09. The predicted molar refractivity (Wildman–Crippen MR) is 73.0 cm³/mol. The molecule has 0 spiro atoms. The Morgan fingerprint density at radius 3 is 2.90 bits per heavy atom. The highest BCUT2D eigenvalue weighted by molar-refractivity contribution is 5.79. The minimum absolute atomic E-state index is 0.416. The smallest absolute Gasteiger partial charge is 0.330 e. The molecule has 0 bridgehead atoms. The Morgan fingerprint density at radius 2 is 2.30 bits per heavy atom. The molecule has 0 radical (unpaired) electrons. The van der Waals surface area contributed by atoms with Crippen molar-refractivity contribution in [2.75, 3.05) is 5.32 Å². The second-order valence-corrected chi connectivity index (χ2v) is 4.48. The number of carboxylic acid groups (broad SMARTS) is 1. The minimum Gasteiger partial charge on any atom is -0.479 e. The molecule has 1 heterocycles. The van der Waals surface area contributed by atoms with Crippen LogP contribution in [-0.2, 0) is 18.3 Å². The number of nitrogens with zero attached hydrogens (tertiary/aromatic N) is 2. The van der Waals surface area contributed by atoms with Crippen molar-refractivity contribution in [1.29, 1.82) is 0 Å². The lowest BCUT2D eigenvalue weighted by Crippen LogP contribution is -2.21. The summed E-state index contributed by atoms with van der Waals surface area (Å²) in [6.07, 6.45) is 2.30. The second-order valence-electron chi connectivity index (χ2n) is 4.48. The standard InChI is InChI=1S/C14H16FN3O2/c1-3-12-11(8-18(2)17-12)13(14(19)20)16-10-6-4-5-9(15)7-10/h4-8,13,16H,3H2,1-2H3,(H,19,20). The molecule has 6 heteroatoms. The molecule has 0 aliphatic carbocycles. The molecule has 2 aromatic rings. The molecule has 0 amide bonds. The summed E-state index contributed by atoms with van der Waals surface area (Å²) in [6.45, 7) is 1.91. The number of aliphatic carboxylic acids is 1. The lowest BCUT2D eigenvalue weighted by atomic mass is 10.1. The summed E-state index contributed by atoms with van der Waals surface area (Å²) in [5.41, 5.74) is 1.72. The zero-order valence-corrected chi connectivity index (χ0v) is 11.3. The summed E-state index contributed by atoms with van der Waals surface area (Å²) in [4.78, 5) is 11.5. The average Bonchev–Trinajstić information content (AvgIpc) is 2.76. The maximum atomic E-state index is 13.2. The molecule has 1 atom stereocenters. The Kier molecular flexibility index (Phi) is 4.02. The van der Waals surface area contributed by atoms with E-state index in [0.717, 1.165) is 0 Å². The topological polar surface area (TPSA) is 67.2 Å². The van der Waals surface area contributed by atoms with Crippen LogP contribution >= 0.6 is 0 Å². The predicted octanol–water partition coefficient (Wildman–Crippen LogP) is 2.36. The van der Waals surface area contributed by atoms with Gasteiger partial charge in [-0.3, -0.25) is 4.68 Å². The van der Waals surface area contributed by atoms with Crippen molar-refractivity contribution in [3.8, 4) is 0 Å². The third kappa shape index (κ3) is 2.96. The third-order valence-corrected chi connectivity index (χ3v) is 2.97. The van der Waals surface area contributed by atoms with E-state index in [9.17, 15) is 14.3 Å². The van der Waals surface area contributed by atoms with Gasteiger partial charge in [0.05, 0.1) is 5.69 Å². The highest BCUT2D eigenvalue weighted by Gasteiger charge is 2.24. The van der Waals surface area contributed by atoms with Gasteiger partial charge in [-0.05, 0) is 24.6 Å². The maximum absolute atomic E-state index is 13.2. The first-order valence-corrected chi connectivity index (χ1v) is 6.28. The van der Waals surface area contributed by atoms with E-state index in [-0.39, 0.29) is 0 Å². The fraction of sp³-hybridized carbons (Fsp3) is 0.286. The van der Waals surface area contributed by atoms with Crippen LogP contribution in [0.2, 0.25) is 0 Å². The molecule has 5 nitrogen and oxygen atoms in total. The second kappa shape index (κ2) is 5.73. The summed E-state index contributed by atoms with van der Waals surface area (Å²) < 4.78 is 14.7. The molecular formula is C14H16FN3O2. The molecule has 2 N–H and O–H groups in total. The van der Waals surface area contributed by atoms with E-state index in [0.29, 0.717) is 23.4 Å². The van der Waals surface area contributed by atoms with Crippen LogP contribution in [0.1, 0.15) is 24.2 Å². The number of hydrogen-bond donors (Lipinski definition) is 2. The Balaban J connectivity index is 2.34. The molecule has 0 aliphatic heterocycles. The van der Waals surface area contributed by atoms with Gasteiger partial charge < -0.3 is 10.4 Å². The molecule has 106 valence electrons. The van der Waals surface area contributed by atoms with Crippen LogP contribution in [0, 0.1) is 5.82 Å². The zero-order chi connectivity index (χ0) is 14.7. The van der Waals surface area contributed by atoms with Gasteiger partial charge in [0.25, 0.3) is 0 Å². The van der Waals surface area contributed by atoms with E-state index in [4.69, 9.17) is 0 Å². The summed E-state index contributed by atoms with van der Waals surface area (Å²) in [7, 11) is 1.74. The highest BCUT2D eigenvalue weighted by atomic mass is 19.1. The maximum Gasteiger partial charge on any atom is 0.330 e. The molecule has 0 saturated carbocycles. The van der Waals surface area contributed by atoms with Crippen molar-refractivity contribution in [2.24, 2.45) is 7.05 Å². The molecule has 0 saturated heterocycles. The van der Waals surface area contributed by atoms with Gasteiger partial charge in [0, 0.05) is 24.5 Å². The van der Waals surface area contributed by atoms with E-state index in [1.807, 2.05) is 6.92 Å². The number of benzene rings is 1. The normalized spacial score (nSPS) is 12.2. The molecule has 1 aromatic carbocycles. The first kappa shape index (κ1) is 14.0. The van der Waals surface area contributed by atoms with Crippen molar-refractivity contribution in [2.45, 2.75) is 19.4 Å². The number of carbonyl (C=O) groups is 1. The van der Waals surface area contributed by atoms with Crippen molar-refractivity contribution in [3.63, 3.8) is 0 Å². The Morgan fingerprint density at radius 1 is 1.55 bits per heavy atom. The summed E-state index contributed by atoms with van der Waals surface area (Å²) >= 11 is 0. The molecule has 1 unspecified atom stereocenters. The number of nitrogens with one attached hydrogen (secondary N) is 1. The number of aryl methyl sites for hydroxylation is 2. The van der Waals surface area contributed by atoms with Crippen LogP contribution in [-0.4, -0.2) is 20.9 Å². The average molecular weight is 277 g/mol. The van der Waals surface area contributed by atoms with Gasteiger partial charge >= 0.3 is 5.97 Å². The summed E-state index contributed by atoms with van der Waals surface area (Å²) in [6, 6.07) is 4.77. The van der Waals surface area contributed by atoms with Crippen LogP contribution in [0.4, 0.5) is 10.1 Å². The van der Waals surface area contributed by atoms with E-state index in [2.05, 4.69) is 10.4 Å². The van der Waals surface area contributed by atoms with Crippen LogP contribution in [0.15, 0.2) is 30.5 Å². The van der Waals surface area contributed by atoms with Crippen LogP contribution < -0.4 is 5.32 Å². The lowest BCUT2D eigenvalue weighted by molar-refractivity contribution is -0.138. The quantitative estimate of drug-likeness (QED) is 0.880. The molecule has 0 aliphatic rings. The monoisotopic (exact) mass is 277 g/mol. The number of rotatable bonds is 5. The Labute approximate surface area is 116 Å². The van der Waals surface area contributed by atoms with Gasteiger partial charge in [-0.25, -0.2) is 9.18 Å². The third-order valence-electron chi connectivity index (χ3n) is 2.97. The SMILES string of the molecule is CCc1nn(C)cc1C(Nc1cccc(F)c1)C(=O)O. The van der Waals surface area contributed by atoms with E-state index < -0.39 is 17.8 Å². The lowest BCUT2D eigenvalue weighted by Gasteiger charge is -2.15. The van der Waals surface area contributed by atoms with Gasteiger partial charge in [0.15, 0.2) is 6.04 Å². The Bertz CT molecular complexity index is 625. The van der Waals surface area contributed by atoms with E-state index in [1.165, 1.54) is 18.2 Å². The molecule has 1 aromatic heterocycles. The number of halogens is 1. The first-order chi connectivity index (χ1) is 9.51. The van der Waals surface area contributed by atoms with Crippen LogP contribution in [0.3, 0.4) is 0 Å². The summed E-state index contributed by atoms with van der Waals surface area (Å²) in [5, 5.41) is 16.5. The minimum atomic E-state index is -1.03. The molecule has 2 rings (SSSR count). The van der Waals surface area contributed by atoms with Crippen molar-refractivity contribution >= 4 is 11.7 Å². The number of carboxylic acids is 1. The van der Waals surface area contributed by atoms with Gasteiger partial charge in [-0.1, -0.05) is 13.0 Å². The van der Waals surface area contributed by atoms with Gasteiger partial charge in [0.1, 0.15) is 5.82 Å². The Hall–Kier alpha value is -2.37. The van der Waals surface area contributed by atoms with E-state index in [1.54, 1.807) is 24.0 Å². The van der Waals surface area contributed by atoms with Gasteiger partial charge in [-0.2, -0.15) is 5.10 Å².